The van der Waals surface area contributed by atoms with Crippen LogP contribution < -0.4 is 10.5 Å². The van der Waals surface area contributed by atoms with Crippen LogP contribution in [0.3, 0.4) is 0 Å². The number of halogens is 1. The standard InChI is InChI=1S/C14H20N2O3S.ClH/c1-16(13(9-15)10-2-3-10)20(17,18)12-4-5-14-11(8-12)6-7-19-14;/h4-5,8,10,13H,2-3,6-7,9,15H2,1H3;1H. The van der Waals surface area contributed by atoms with Crippen LogP contribution in [0.1, 0.15) is 18.4 Å². The average Bonchev–Trinajstić information content (AvgIpc) is 3.15. The van der Waals surface area contributed by atoms with Crippen molar-refractivity contribution in [3.8, 4) is 5.75 Å². The van der Waals surface area contributed by atoms with Crippen LogP contribution in [0.15, 0.2) is 23.1 Å². The van der Waals surface area contributed by atoms with Crippen molar-refractivity contribution in [3.63, 3.8) is 0 Å². The van der Waals surface area contributed by atoms with Gasteiger partial charge in [-0.05, 0) is 42.5 Å². The van der Waals surface area contributed by atoms with Gasteiger partial charge < -0.3 is 10.5 Å². The Labute approximate surface area is 131 Å². The number of nitrogens with two attached hydrogens (primary N) is 1. The van der Waals surface area contributed by atoms with Crippen molar-refractivity contribution in [2.45, 2.75) is 30.2 Å². The third-order valence-corrected chi connectivity index (χ3v) is 6.09. The van der Waals surface area contributed by atoms with Crippen LogP contribution >= 0.6 is 12.4 Å². The topological polar surface area (TPSA) is 72.6 Å². The number of rotatable bonds is 5. The lowest BCUT2D eigenvalue weighted by atomic mass is 10.2. The zero-order valence-corrected chi connectivity index (χ0v) is 13.6. The monoisotopic (exact) mass is 332 g/mol. The molecule has 2 N–H and O–H groups in total. The van der Waals surface area contributed by atoms with E-state index in [1.807, 2.05) is 0 Å². The largest absolute Gasteiger partial charge is 0.493 e. The van der Waals surface area contributed by atoms with Crippen molar-refractivity contribution in [3.05, 3.63) is 23.8 Å². The summed E-state index contributed by atoms with van der Waals surface area (Å²) in [5.41, 5.74) is 6.72. The third-order valence-electron chi connectivity index (χ3n) is 4.21. The van der Waals surface area contributed by atoms with Crippen LogP contribution in [-0.4, -0.2) is 39.0 Å². The molecule has 2 aliphatic rings. The van der Waals surface area contributed by atoms with E-state index in [9.17, 15) is 8.42 Å². The molecule has 0 aromatic heterocycles. The van der Waals surface area contributed by atoms with Crippen LogP contribution in [-0.2, 0) is 16.4 Å². The van der Waals surface area contributed by atoms with Crippen LogP contribution in [0.5, 0.6) is 5.75 Å². The quantitative estimate of drug-likeness (QED) is 0.884. The highest BCUT2D eigenvalue weighted by atomic mass is 35.5. The molecule has 1 fully saturated rings. The maximum atomic E-state index is 12.7. The highest BCUT2D eigenvalue weighted by molar-refractivity contribution is 7.89. The molecule has 1 aliphatic heterocycles. The SMILES string of the molecule is CN(C(CN)C1CC1)S(=O)(=O)c1ccc2c(c1)CCO2.Cl. The van der Waals surface area contributed by atoms with Gasteiger partial charge in [-0.1, -0.05) is 0 Å². The highest BCUT2D eigenvalue weighted by Gasteiger charge is 2.38. The molecule has 21 heavy (non-hydrogen) atoms. The molecular formula is C14H21ClN2O3S. The Balaban J connectivity index is 0.00000161. The molecule has 1 heterocycles. The van der Waals surface area contributed by atoms with Gasteiger partial charge in [-0.15, -0.1) is 12.4 Å². The zero-order valence-electron chi connectivity index (χ0n) is 12.0. The van der Waals surface area contributed by atoms with Crippen molar-refractivity contribution in [2.24, 2.45) is 11.7 Å². The number of fused-ring (bicyclic) bond motifs is 1. The van der Waals surface area contributed by atoms with Gasteiger partial charge >= 0.3 is 0 Å². The van der Waals surface area contributed by atoms with E-state index >= 15 is 0 Å². The molecular weight excluding hydrogens is 312 g/mol. The van der Waals surface area contributed by atoms with E-state index < -0.39 is 10.0 Å². The van der Waals surface area contributed by atoms with Crippen molar-refractivity contribution in [1.82, 2.24) is 4.31 Å². The first-order valence-corrected chi connectivity index (χ1v) is 8.42. The van der Waals surface area contributed by atoms with Gasteiger partial charge in [-0.3, -0.25) is 0 Å². The molecule has 0 amide bonds. The Morgan fingerprint density at radius 1 is 1.43 bits per heavy atom. The second-order valence-electron chi connectivity index (χ2n) is 5.53. The molecule has 0 spiro atoms. The number of nitrogens with zero attached hydrogens (tertiary/aromatic N) is 1. The predicted octanol–water partition coefficient (Wildman–Crippen LogP) is 1.40. The minimum absolute atomic E-state index is 0. The number of hydrogen-bond acceptors (Lipinski definition) is 4. The molecule has 7 heteroatoms. The molecule has 118 valence electrons. The van der Waals surface area contributed by atoms with E-state index in [1.54, 1.807) is 25.2 Å². The summed E-state index contributed by atoms with van der Waals surface area (Å²) in [6.45, 7) is 0.997. The van der Waals surface area contributed by atoms with Crippen LogP contribution in [0, 0.1) is 5.92 Å². The van der Waals surface area contributed by atoms with E-state index in [1.165, 1.54) is 4.31 Å². The van der Waals surface area contributed by atoms with Gasteiger partial charge in [0.2, 0.25) is 10.0 Å². The van der Waals surface area contributed by atoms with E-state index in [4.69, 9.17) is 10.5 Å². The lowest BCUT2D eigenvalue weighted by Gasteiger charge is -2.26. The number of benzene rings is 1. The number of ether oxygens (including phenoxy) is 1. The molecule has 1 aliphatic carbocycles. The van der Waals surface area contributed by atoms with E-state index in [2.05, 4.69) is 0 Å². The van der Waals surface area contributed by atoms with Crippen molar-refractivity contribution < 1.29 is 13.2 Å². The molecule has 1 unspecified atom stereocenters. The second-order valence-corrected chi connectivity index (χ2v) is 7.53. The predicted molar refractivity (Wildman–Crippen MR) is 83.4 cm³/mol. The lowest BCUT2D eigenvalue weighted by Crippen LogP contribution is -2.43. The summed E-state index contributed by atoms with van der Waals surface area (Å²) in [6, 6.07) is 5.01. The van der Waals surface area contributed by atoms with E-state index in [0.29, 0.717) is 24.0 Å². The summed E-state index contributed by atoms with van der Waals surface area (Å²) < 4.78 is 32.2. The van der Waals surface area contributed by atoms with Gasteiger partial charge in [-0.2, -0.15) is 4.31 Å². The molecule has 0 radical (unpaired) electrons. The van der Waals surface area contributed by atoms with Crippen molar-refractivity contribution in [2.75, 3.05) is 20.2 Å². The summed E-state index contributed by atoms with van der Waals surface area (Å²) in [7, 11) is -1.85. The third kappa shape index (κ3) is 3.04. The van der Waals surface area contributed by atoms with Crippen LogP contribution in [0.25, 0.3) is 0 Å². The molecule has 0 saturated heterocycles. The molecule has 1 atom stereocenters. The molecule has 3 rings (SSSR count). The number of hydrogen-bond donors (Lipinski definition) is 1. The number of likely N-dealkylation sites (N-methyl/N-ethyl adjacent to an activating group) is 1. The molecule has 5 nitrogen and oxygen atoms in total. The zero-order chi connectivity index (χ0) is 14.3. The summed E-state index contributed by atoms with van der Waals surface area (Å²) >= 11 is 0. The molecule has 0 bridgehead atoms. The van der Waals surface area contributed by atoms with Gasteiger partial charge in [0.1, 0.15) is 5.75 Å². The van der Waals surface area contributed by atoms with Gasteiger partial charge in [0.15, 0.2) is 0 Å². The summed E-state index contributed by atoms with van der Waals surface area (Å²) in [4.78, 5) is 0.336. The second kappa shape index (κ2) is 6.12. The fraction of sp³-hybridized carbons (Fsp3) is 0.571. The molecule has 1 aromatic carbocycles. The Morgan fingerprint density at radius 2 is 2.14 bits per heavy atom. The highest BCUT2D eigenvalue weighted by Crippen LogP contribution is 2.37. The van der Waals surface area contributed by atoms with E-state index in [0.717, 1.165) is 30.6 Å². The maximum absolute atomic E-state index is 12.7. The smallest absolute Gasteiger partial charge is 0.243 e. The van der Waals surface area contributed by atoms with Crippen LogP contribution in [0.2, 0.25) is 0 Å². The van der Waals surface area contributed by atoms with Gasteiger partial charge in [0.05, 0.1) is 11.5 Å². The minimum atomic E-state index is -3.48. The first-order chi connectivity index (χ1) is 9.54. The van der Waals surface area contributed by atoms with Gasteiger partial charge in [0.25, 0.3) is 0 Å². The lowest BCUT2D eigenvalue weighted by molar-refractivity contribution is 0.340. The summed E-state index contributed by atoms with van der Waals surface area (Å²) in [5.74, 6) is 1.21. The molecule has 1 saturated carbocycles. The fourth-order valence-corrected chi connectivity index (χ4v) is 4.27. The first kappa shape index (κ1) is 16.5. The fourth-order valence-electron chi connectivity index (χ4n) is 2.79. The summed E-state index contributed by atoms with van der Waals surface area (Å²) in [5, 5.41) is 0. The maximum Gasteiger partial charge on any atom is 0.243 e. The normalized spacial score (nSPS) is 18.8. The van der Waals surface area contributed by atoms with Crippen molar-refractivity contribution >= 4 is 22.4 Å². The summed E-state index contributed by atoms with van der Waals surface area (Å²) in [6.07, 6.45) is 2.91. The van der Waals surface area contributed by atoms with Crippen LogP contribution in [0.4, 0.5) is 0 Å². The number of sulfonamides is 1. The first-order valence-electron chi connectivity index (χ1n) is 6.98. The van der Waals surface area contributed by atoms with Gasteiger partial charge in [-0.25, -0.2) is 8.42 Å². The van der Waals surface area contributed by atoms with Gasteiger partial charge in [0, 0.05) is 26.1 Å². The Bertz CT molecular complexity index is 617. The average molecular weight is 333 g/mol. The Morgan fingerprint density at radius 3 is 2.76 bits per heavy atom. The minimum Gasteiger partial charge on any atom is -0.493 e. The molecule has 1 aromatic rings. The Kier molecular flexibility index (Phi) is 4.82. The Hall–Kier alpha value is -0.820. The van der Waals surface area contributed by atoms with E-state index in [-0.39, 0.29) is 18.4 Å². The van der Waals surface area contributed by atoms with Crippen molar-refractivity contribution in [1.29, 1.82) is 0 Å².